The largest absolute Gasteiger partial charge is 0.497 e. The molecule has 1 aliphatic rings. The zero-order chi connectivity index (χ0) is 20.1. The molecule has 0 aliphatic carbocycles. The van der Waals surface area contributed by atoms with E-state index in [2.05, 4.69) is 26.6 Å². The Hall–Kier alpha value is -2.26. The topological polar surface area (TPSA) is 95.1 Å². The van der Waals surface area contributed by atoms with Crippen LogP contribution in [0.3, 0.4) is 0 Å². The van der Waals surface area contributed by atoms with E-state index in [-0.39, 0.29) is 12.2 Å². The molecule has 0 saturated heterocycles. The lowest BCUT2D eigenvalue weighted by molar-refractivity contribution is -0.146. The van der Waals surface area contributed by atoms with Gasteiger partial charge in [0.1, 0.15) is 17.6 Å². The monoisotopic (exact) mass is 442 g/mol. The Morgan fingerprint density at radius 2 is 1.96 bits per heavy atom. The van der Waals surface area contributed by atoms with Crippen LogP contribution >= 0.6 is 15.9 Å². The number of urea groups is 1. The Bertz CT molecular complexity index is 764. The molecule has 2 atom stereocenters. The lowest BCUT2D eigenvalue weighted by Gasteiger charge is -2.30. The number of nitrogens with one attached hydrogen (secondary N) is 2. The molecule has 8 nitrogen and oxygen atoms in total. The minimum Gasteiger partial charge on any atom is -0.497 e. The van der Waals surface area contributed by atoms with E-state index >= 15 is 0 Å². The highest BCUT2D eigenvalue weighted by Crippen LogP contribution is 2.40. The van der Waals surface area contributed by atoms with Crippen molar-refractivity contribution < 1.29 is 28.5 Å². The predicted octanol–water partition coefficient (Wildman–Crippen LogP) is 2.67. The Kier molecular flexibility index (Phi) is 7.09. The van der Waals surface area contributed by atoms with Gasteiger partial charge >= 0.3 is 12.0 Å². The van der Waals surface area contributed by atoms with Crippen LogP contribution in [0.1, 0.15) is 25.5 Å². The van der Waals surface area contributed by atoms with Gasteiger partial charge in [0.15, 0.2) is 0 Å². The molecule has 0 aromatic heterocycles. The Morgan fingerprint density at radius 3 is 2.56 bits per heavy atom. The number of ether oxygens (including phenoxy) is 4. The first kappa shape index (κ1) is 21.0. The van der Waals surface area contributed by atoms with Crippen LogP contribution in [0.25, 0.3) is 0 Å². The minimum absolute atomic E-state index is 0.260. The van der Waals surface area contributed by atoms with E-state index < -0.39 is 24.1 Å². The highest BCUT2D eigenvalue weighted by Gasteiger charge is 2.35. The third-order valence-electron chi connectivity index (χ3n) is 4.00. The number of hydrogen-bond donors (Lipinski definition) is 2. The van der Waals surface area contributed by atoms with Crippen LogP contribution in [0.5, 0.6) is 11.5 Å². The molecule has 1 heterocycles. The lowest BCUT2D eigenvalue weighted by atomic mass is 9.94. The molecule has 148 valence electrons. The molecule has 27 heavy (non-hydrogen) atoms. The van der Waals surface area contributed by atoms with Gasteiger partial charge in [-0.25, -0.2) is 9.59 Å². The summed E-state index contributed by atoms with van der Waals surface area (Å²) in [5.74, 6) is 0.463. The molecule has 2 amide bonds. The van der Waals surface area contributed by atoms with E-state index in [1.54, 1.807) is 26.0 Å². The summed E-state index contributed by atoms with van der Waals surface area (Å²) in [6.07, 6.45) is -0.444. The van der Waals surface area contributed by atoms with Gasteiger partial charge < -0.3 is 29.6 Å². The molecule has 0 fully saturated rings. The van der Waals surface area contributed by atoms with Crippen molar-refractivity contribution in [3.8, 4) is 11.5 Å². The van der Waals surface area contributed by atoms with Gasteiger partial charge in [-0.15, -0.1) is 0 Å². The molecule has 0 bridgehead atoms. The number of halogens is 1. The van der Waals surface area contributed by atoms with Crippen molar-refractivity contribution in [1.82, 2.24) is 10.6 Å². The van der Waals surface area contributed by atoms with Crippen LogP contribution in [0.2, 0.25) is 0 Å². The highest BCUT2D eigenvalue weighted by molar-refractivity contribution is 9.10. The zero-order valence-corrected chi connectivity index (χ0v) is 17.4. The SMILES string of the molecule is COCC(C)OC(=O)C1=C(C)NC(=O)NC1c1cc(OC)cc(Br)c1OC. The summed E-state index contributed by atoms with van der Waals surface area (Å²) in [6, 6.07) is 2.24. The summed E-state index contributed by atoms with van der Waals surface area (Å²) in [7, 11) is 4.56. The van der Waals surface area contributed by atoms with Crippen LogP contribution in [0.15, 0.2) is 27.9 Å². The fourth-order valence-corrected chi connectivity index (χ4v) is 3.47. The second-order valence-electron chi connectivity index (χ2n) is 5.97. The number of allylic oxidation sites excluding steroid dienone is 1. The van der Waals surface area contributed by atoms with Gasteiger partial charge in [-0.1, -0.05) is 0 Å². The van der Waals surface area contributed by atoms with Crippen molar-refractivity contribution >= 4 is 27.9 Å². The maximum absolute atomic E-state index is 12.8. The van der Waals surface area contributed by atoms with E-state index in [0.717, 1.165) is 0 Å². The molecule has 0 radical (unpaired) electrons. The van der Waals surface area contributed by atoms with E-state index in [0.29, 0.717) is 27.2 Å². The Labute approximate surface area is 166 Å². The van der Waals surface area contributed by atoms with Crippen molar-refractivity contribution in [2.75, 3.05) is 27.9 Å². The van der Waals surface area contributed by atoms with E-state index in [4.69, 9.17) is 18.9 Å². The summed E-state index contributed by atoms with van der Waals surface area (Å²) in [6.45, 7) is 3.63. The first-order valence-electron chi connectivity index (χ1n) is 8.22. The van der Waals surface area contributed by atoms with E-state index in [1.165, 1.54) is 21.3 Å². The number of amides is 2. The maximum Gasteiger partial charge on any atom is 0.338 e. The summed E-state index contributed by atoms with van der Waals surface area (Å²) < 4.78 is 21.9. The van der Waals surface area contributed by atoms with Crippen LogP contribution < -0.4 is 20.1 Å². The quantitative estimate of drug-likeness (QED) is 0.630. The summed E-state index contributed by atoms with van der Waals surface area (Å²) in [4.78, 5) is 24.9. The normalized spacial score (nSPS) is 17.7. The summed E-state index contributed by atoms with van der Waals surface area (Å²) in [5, 5.41) is 5.37. The number of methoxy groups -OCH3 is 3. The van der Waals surface area contributed by atoms with Gasteiger partial charge in [-0.2, -0.15) is 0 Å². The summed E-state index contributed by atoms with van der Waals surface area (Å²) in [5.41, 5.74) is 1.24. The standard InChI is InChI=1S/C18H23BrN2O6/c1-9(8-24-3)27-17(22)14-10(2)20-18(23)21-15(14)12-6-11(25-4)7-13(19)16(12)26-5/h6-7,9,15H,8H2,1-5H3,(H2,20,21,23). The van der Waals surface area contributed by atoms with Gasteiger partial charge in [0.25, 0.3) is 0 Å². The number of rotatable bonds is 7. The third-order valence-corrected chi connectivity index (χ3v) is 4.58. The molecule has 0 spiro atoms. The van der Waals surface area contributed by atoms with Crippen molar-refractivity contribution in [2.45, 2.75) is 26.0 Å². The van der Waals surface area contributed by atoms with Crippen molar-refractivity contribution in [3.05, 3.63) is 33.4 Å². The molecular weight excluding hydrogens is 420 g/mol. The van der Waals surface area contributed by atoms with Crippen LogP contribution in [-0.2, 0) is 14.3 Å². The van der Waals surface area contributed by atoms with E-state index in [9.17, 15) is 9.59 Å². The molecule has 2 unspecified atom stereocenters. The van der Waals surface area contributed by atoms with Gasteiger partial charge in [0.05, 0.1) is 36.9 Å². The lowest BCUT2D eigenvalue weighted by Crippen LogP contribution is -2.45. The fourth-order valence-electron chi connectivity index (χ4n) is 2.85. The van der Waals surface area contributed by atoms with Crippen LogP contribution in [0.4, 0.5) is 4.79 Å². The molecule has 1 aromatic rings. The second kappa shape index (κ2) is 9.09. The molecule has 2 N–H and O–H groups in total. The molecule has 2 rings (SSSR count). The molecule has 9 heteroatoms. The molecule has 1 aliphatic heterocycles. The number of hydrogen-bond acceptors (Lipinski definition) is 6. The minimum atomic E-state index is -0.776. The number of carbonyl (C=O) groups excluding carboxylic acids is 2. The van der Waals surface area contributed by atoms with Gasteiger partial charge in [0.2, 0.25) is 0 Å². The number of benzene rings is 1. The predicted molar refractivity (Wildman–Crippen MR) is 102 cm³/mol. The first-order chi connectivity index (χ1) is 12.8. The number of esters is 1. The van der Waals surface area contributed by atoms with Crippen molar-refractivity contribution in [3.63, 3.8) is 0 Å². The molecule has 1 aromatic carbocycles. The highest BCUT2D eigenvalue weighted by atomic mass is 79.9. The number of carbonyl (C=O) groups is 2. The molecular formula is C18H23BrN2O6. The second-order valence-corrected chi connectivity index (χ2v) is 6.83. The fraction of sp³-hybridized carbons (Fsp3) is 0.444. The molecule has 0 saturated carbocycles. The smallest absolute Gasteiger partial charge is 0.338 e. The first-order valence-corrected chi connectivity index (χ1v) is 9.01. The maximum atomic E-state index is 12.8. The average Bonchev–Trinajstić information content (AvgIpc) is 2.60. The van der Waals surface area contributed by atoms with Gasteiger partial charge in [-0.3, -0.25) is 0 Å². The Balaban J connectivity index is 2.52. The average molecular weight is 443 g/mol. The van der Waals surface area contributed by atoms with Crippen LogP contribution in [0, 0.1) is 0 Å². The van der Waals surface area contributed by atoms with Crippen LogP contribution in [-0.4, -0.2) is 46.0 Å². The van der Waals surface area contributed by atoms with Crippen molar-refractivity contribution in [2.24, 2.45) is 0 Å². The van der Waals surface area contributed by atoms with Gasteiger partial charge in [-0.05, 0) is 41.9 Å². The summed E-state index contributed by atoms with van der Waals surface area (Å²) >= 11 is 3.43. The van der Waals surface area contributed by atoms with E-state index in [1.807, 2.05) is 0 Å². The Morgan fingerprint density at radius 1 is 1.26 bits per heavy atom. The zero-order valence-electron chi connectivity index (χ0n) is 15.8. The van der Waals surface area contributed by atoms with Gasteiger partial charge in [0, 0.05) is 18.4 Å². The van der Waals surface area contributed by atoms with Crippen molar-refractivity contribution in [1.29, 1.82) is 0 Å². The third kappa shape index (κ3) is 4.72.